The van der Waals surface area contributed by atoms with E-state index in [0.29, 0.717) is 6.54 Å². The van der Waals surface area contributed by atoms with Crippen LogP contribution < -0.4 is 17.0 Å². The molecule has 2 aliphatic heterocycles. The second-order valence-electron chi connectivity index (χ2n) is 9.80. The Balaban J connectivity index is 1.38. The molecular weight excluding hydrogens is 528 g/mol. The SMILES string of the molecule is NC[C@H]1O[C@@H](O[C@@H](c2cn(CCCc3ccccc3)nn2)[C@H]2O[C@@H](n3ccc(=O)[nH]c3=O)[C@H](O)[C@@H]2O)[C@H](O)[C@@H]1O. The van der Waals surface area contributed by atoms with Crippen LogP contribution in [0.3, 0.4) is 0 Å². The fourth-order valence-corrected chi connectivity index (χ4v) is 4.92. The molecular formula is C25H32N6O9. The molecule has 2 aromatic heterocycles. The Labute approximate surface area is 227 Å². The fourth-order valence-electron chi connectivity index (χ4n) is 4.92. The zero-order valence-corrected chi connectivity index (χ0v) is 21.3. The molecule has 15 heteroatoms. The first-order valence-electron chi connectivity index (χ1n) is 12.9. The van der Waals surface area contributed by atoms with Crippen molar-refractivity contribution in [1.29, 1.82) is 0 Å². The third-order valence-corrected chi connectivity index (χ3v) is 7.07. The lowest BCUT2D eigenvalue weighted by Gasteiger charge is -2.28. The van der Waals surface area contributed by atoms with Gasteiger partial charge in [0.15, 0.2) is 12.5 Å². The van der Waals surface area contributed by atoms with Crippen LogP contribution in [-0.4, -0.2) is 94.4 Å². The van der Waals surface area contributed by atoms with Gasteiger partial charge in [0.2, 0.25) is 0 Å². The minimum absolute atomic E-state index is 0.0845. The highest BCUT2D eigenvalue weighted by Crippen LogP contribution is 2.38. The van der Waals surface area contributed by atoms with Crippen LogP contribution in [0.1, 0.15) is 30.0 Å². The quantitative estimate of drug-likeness (QED) is 0.152. The molecule has 0 radical (unpaired) electrons. The number of aromatic amines is 1. The highest BCUT2D eigenvalue weighted by atomic mass is 16.7. The summed E-state index contributed by atoms with van der Waals surface area (Å²) in [4.78, 5) is 25.9. The first-order valence-corrected chi connectivity index (χ1v) is 12.9. The molecule has 5 rings (SSSR count). The van der Waals surface area contributed by atoms with E-state index in [-0.39, 0.29) is 12.2 Å². The van der Waals surface area contributed by atoms with Crippen molar-refractivity contribution in [1.82, 2.24) is 24.5 Å². The number of aryl methyl sites for hydroxylation is 2. The number of nitrogens with zero attached hydrogens (tertiary/aromatic N) is 4. The number of nitrogens with one attached hydrogen (secondary N) is 1. The minimum Gasteiger partial charge on any atom is -0.387 e. The largest absolute Gasteiger partial charge is 0.387 e. The van der Waals surface area contributed by atoms with Crippen LogP contribution in [-0.2, 0) is 27.2 Å². The summed E-state index contributed by atoms with van der Waals surface area (Å²) in [5.41, 5.74) is 5.48. The molecule has 0 spiro atoms. The van der Waals surface area contributed by atoms with E-state index in [1.54, 1.807) is 10.9 Å². The van der Waals surface area contributed by atoms with Crippen molar-refractivity contribution in [3.8, 4) is 0 Å². The molecule has 0 aliphatic carbocycles. The Hall–Kier alpha value is -3.28. The third-order valence-electron chi connectivity index (χ3n) is 7.07. The highest BCUT2D eigenvalue weighted by Gasteiger charge is 2.52. The molecule has 40 heavy (non-hydrogen) atoms. The van der Waals surface area contributed by atoms with E-state index in [0.717, 1.165) is 29.7 Å². The summed E-state index contributed by atoms with van der Waals surface area (Å²) in [6.45, 7) is 0.427. The number of aliphatic hydroxyl groups is 4. The lowest BCUT2D eigenvalue weighted by molar-refractivity contribution is -0.224. The van der Waals surface area contributed by atoms with Crippen molar-refractivity contribution in [3.63, 3.8) is 0 Å². The van der Waals surface area contributed by atoms with Crippen LogP contribution in [0.15, 0.2) is 58.4 Å². The first-order chi connectivity index (χ1) is 19.3. The molecule has 0 saturated carbocycles. The summed E-state index contributed by atoms with van der Waals surface area (Å²) in [5, 5.41) is 50.8. The number of nitrogens with two attached hydrogens (primary N) is 1. The van der Waals surface area contributed by atoms with Crippen molar-refractivity contribution in [2.45, 2.75) is 74.6 Å². The van der Waals surface area contributed by atoms with Gasteiger partial charge in [0.1, 0.15) is 48.4 Å². The Morgan fingerprint density at radius 2 is 1.80 bits per heavy atom. The van der Waals surface area contributed by atoms with Gasteiger partial charge in [-0.05, 0) is 18.4 Å². The van der Waals surface area contributed by atoms with Crippen molar-refractivity contribution in [2.24, 2.45) is 5.73 Å². The van der Waals surface area contributed by atoms with Gasteiger partial charge in [-0.1, -0.05) is 35.5 Å². The number of rotatable bonds is 10. The maximum absolute atomic E-state index is 12.3. The fraction of sp³-hybridized carbons (Fsp3) is 0.520. The molecule has 0 bridgehead atoms. The van der Waals surface area contributed by atoms with Gasteiger partial charge in [-0.2, -0.15) is 0 Å². The molecule has 3 aromatic rings. The predicted molar refractivity (Wildman–Crippen MR) is 136 cm³/mol. The minimum atomic E-state index is -1.60. The molecule has 7 N–H and O–H groups in total. The summed E-state index contributed by atoms with van der Waals surface area (Å²) in [5.74, 6) is 0. The summed E-state index contributed by atoms with van der Waals surface area (Å²) in [6, 6.07) is 11.0. The van der Waals surface area contributed by atoms with E-state index in [2.05, 4.69) is 15.3 Å². The first kappa shape index (κ1) is 28.3. The van der Waals surface area contributed by atoms with E-state index in [1.807, 2.05) is 30.3 Å². The Kier molecular flexibility index (Phi) is 8.53. The van der Waals surface area contributed by atoms with Gasteiger partial charge in [0.05, 0.1) is 6.20 Å². The average Bonchev–Trinajstić information content (AvgIpc) is 3.61. The number of H-pyrrole nitrogens is 1. The standard InChI is InChI=1S/C25H32N6O9/c26-11-15-17(33)20(36)24(38-15)40-21(14-12-30(29-28-14)9-4-7-13-5-2-1-3-6-13)22-18(34)19(35)23(39-22)31-10-8-16(32)27-25(31)37/h1-3,5-6,8,10,12,15,17-24,33-36H,4,7,9,11,26H2,(H,27,32,37)/t15-,17-,18+,19-,20-,21+,22+,23-,24+/m1/s1. The van der Waals surface area contributed by atoms with E-state index in [4.69, 9.17) is 19.9 Å². The molecule has 9 atom stereocenters. The zero-order chi connectivity index (χ0) is 28.4. The van der Waals surface area contributed by atoms with E-state index in [9.17, 15) is 30.0 Å². The molecule has 0 unspecified atom stereocenters. The van der Waals surface area contributed by atoms with Crippen LogP contribution in [0.4, 0.5) is 0 Å². The van der Waals surface area contributed by atoms with Crippen LogP contribution in [0.25, 0.3) is 0 Å². The van der Waals surface area contributed by atoms with E-state index in [1.165, 1.54) is 5.56 Å². The number of hydrogen-bond acceptors (Lipinski definition) is 12. The van der Waals surface area contributed by atoms with Gasteiger partial charge in [-0.3, -0.25) is 19.0 Å². The van der Waals surface area contributed by atoms with Crippen LogP contribution in [0.5, 0.6) is 0 Å². The summed E-state index contributed by atoms with van der Waals surface area (Å²) in [7, 11) is 0. The number of aromatic nitrogens is 5. The van der Waals surface area contributed by atoms with Crippen molar-refractivity contribution >= 4 is 0 Å². The Bertz CT molecular complexity index is 1380. The summed E-state index contributed by atoms with van der Waals surface area (Å²) >= 11 is 0. The number of aliphatic hydroxyl groups excluding tert-OH is 4. The topological polar surface area (TPSA) is 220 Å². The zero-order valence-electron chi connectivity index (χ0n) is 21.3. The molecule has 2 fully saturated rings. The smallest absolute Gasteiger partial charge is 0.330 e. The predicted octanol–water partition coefficient (Wildman–Crippen LogP) is -2.46. The summed E-state index contributed by atoms with van der Waals surface area (Å²) in [6.07, 6.45) is -7.95. The van der Waals surface area contributed by atoms with Crippen LogP contribution >= 0.6 is 0 Å². The van der Waals surface area contributed by atoms with Gasteiger partial charge in [-0.15, -0.1) is 5.10 Å². The van der Waals surface area contributed by atoms with Crippen molar-refractivity contribution in [3.05, 3.63) is 80.9 Å². The monoisotopic (exact) mass is 560 g/mol. The number of hydrogen-bond donors (Lipinski definition) is 6. The maximum atomic E-state index is 12.3. The van der Waals surface area contributed by atoms with E-state index < -0.39 is 66.5 Å². The second kappa shape index (κ2) is 12.1. The maximum Gasteiger partial charge on any atom is 0.330 e. The van der Waals surface area contributed by atoms with Gasteiger partial charge < -0.3 is 40.4 Å². The van der Waals surface area contributed by atoms with Gasteiger partial charge in [0, 0.05) is 25.4 Å². The molecule has 2 aliphatic rings. The summed E-state index contributed by atoms with van der Waals surface area (Å²) < 4.78 is 20.0. The third kappa shape index (κ3) is 5.77. The molecule has 0 amide bonds. The van der Waals surface area contributed by atoms with Crippen molar-refractivity contribution < 1.29 is 34.6 Å². The van der Waals surface area contributed by atoms with Crippen LogP contribution in [0, 0.1) is 0 Å². The van der Waals surface area contributed by atoms with Gasteiger partial charge in [0.25, 0.3) is 5.56 Å². The van der Waals surface area contributed by atoms with Crippen LogP contribution in [0.2, 0.25) is 0 Å². The lowest BCUT2D eigenvalue weighted by atomic mass is 10.0. The average molecular weight is 561 g/mol. The number of benzene rings is 1. The second-order valence-corrected chi connectivity index (χ2v) is 9.80. The Morgan fingerprint density at radius 3 is 2.50 bits per heavy atom. The number of ether oxygens (including phenoxy) is 3. The molecule has 2 saturated heterocycles. The van der Waals surface area contributed by atoms with Crippen molar-refractivity contribution in [2.75, 3.05) is 6.54 Å². The van der Waals surface area contributed by atoms with Gasteiger partial charge in [-0.25, -0.2) is 4.79 Å². The molecule has 1 aromatic carbocycles. The molecule has 15 nitrogen and oxygen atoms in total. The highest BCUT2D eigenvalue weighted by molar-refractivity contribution is 5.14. The lowest BCUT2D eigenvalue weighted by Crippen LogP contribution is -2.40. The molecule has 4 heterocycles. The molecule has 216 valence electrons. The van der Waals surface area contributed by atoms with E-state index >= 15 is 0 Å². The van der Waals surface area contributed by atoms with Gasteiger partial charge >= 0.3 is 5.69 Å². The Morgan fingerprint density at radius 1 is 1.02 bits per heavy atom. The normalized spacial score (nSPS) is 31.0.